The largest absolute Gasteiger partial charge is 0.373 e. The van der Waals surface area contributed by atoms with E-state index in [4.69, 9.17) is 22.1 Å². The van der Waals surface area contributed by atoms with Gasteiger partial charge in [-0.3, -0.25) is 4.90 Å². The fraction of sp³-hybridized carbons (Fsp3) is 0.571. The van der Waals surface area contributed by atoms with E-state index in [1.54, 1.807) is 12.1 Å². The van der Waals surface area contributed by atoms with Gasteiger partial charge in [0.15, 0.2) is 0 Å². The summed E-state index contributed by atoms with van der Waals surface area (Å²) in [4.78, 5) is 2.19. The van der Waals surface area contributed by atoms with Crippen molar-refractivity contribution in [3.05, 3.63) is 34.6 Å². The Labute approximate surface area is 118 Å². The minimum atomic E-state index is -0.297. The van der Waals surface area contributed by atoms with Crippen LogP contribution in [0.4, 0.5) is 4.39 Å². The summed E-state index contributed by atoms with van der Waals surface area (Å²) in [6.07, 6.45) is 0.265. The molecule has 1 saturated heterocycles. The van der Waals surface area contributed by atoms with Crippen LogP contribution >= 0.6 is 11.6 Å². The van der Waals surface area contributed by atoms with Crippen molar-refractivity contribution in [1.29, 1.82) is 0 Å². The van der Waals surface area contributed by atoms with Crippen LogP contribution < -0.4 is 5.73 Å². The standard InChI is InChI=1S/C14H20ClFN2O/c1-9-7-18(8-10(2)19-9)14(6-17)12-4-3-11(15)5-13(12)16/h3-5,9-10,14H,6-8,17H2,1-2H3. The fourth-order valence-electron chi connectivity index (χ4n) is 2.72. The minimum Gasteiger partial charge on any atom is -0.373 e. The Morgan fingerprint density at radius 1 is 1.42 bits per heavy atom. The van der Waals surface area contributed by atoms with Crippen LogP contribution in [0.25, 0.3) is 0 Å². The molecule has 0 aliphatic carbocycles. The van der Waals surface area contributed by atoms with Gasteiger partial charge in [0.1, 0.15) is 5.82 Å². The Hall–Kier alpha value is -0.680. The second-order valence-electron chi connectivity index (χ2n) is 5.13. The average Bonchev–Trinajstić information content (AvgIpc) is 2.31. The molecular formula is C14H20ClFN2O. The molecule has 0 saturated carbocycles. The summed E-state index contributed by atoms with van der Waals surface area (Å²) in [5.74, 6) is -0.297. The molecule has 5 heteroatoms. The highest BCUT2D eigenvalue weighted by atomic mass is 35.5. The van der Waals surface area contributed by atoms with E-state index < -0.39 is 0 Å². The lowest BCUT2D eigenvalue weighted by Gasteiger charge is -2.40. The van der Waals surface area contributed by atoms with Gasteiger partial charge in [-0.15, -0.1) is 0 Å². The molecule has 1 fully saturated rings. The Morgan fingerprint density at radius 2 is 2.05 bits per heavy atom. The number of hydrogen-bond donors (Lipinski definition) is 1. The third-order valence-electron chi connectivity index (χ3n) is 3.43. The van der Waals surface area contributed by atoms with Gasteiger partial charge in [0.05, 0.1) is 18.2 Å². The van der Waals surface area contributed by atoms with Crippen LogP contribution in [0, 0.1) is 5.82 Å². The van der Waals surface area contributed by atoms with E-state index in [0.29, 0.717) is 17.1 Å². The lowest BCUT2D eigenvalue weighted by molar-refractivity contribution is -0.0802. The normalized spacial score (nSPS) is 26.4. The molecule has 3 nitrogen and oxygen atoms in total. The van der Waals surface area contributed by atoms with Gasteiger partial charge >= 0.3 is 0 Å². The predicted molar refractivity (Wildman–Crippen MR) is 74.8 cm³/mol. The van der Waals surface area contributed by atoms with Crippen LogP contribution in [0.2, 0.25) is 5.02 Å². The third-order valence-corrected chi connectivity index (χ3v) is 3.67. The molecule has 3 unspecified atom stereocenters. The minimum absolute atomic E-state index is 0.133. The van der Waals surface area contributed by atoms with Crippen LogP contribution in [0.15, 0.2) is 18.2 Å². The molecular weight excluding hydrogens is 267 g/mol. The van der Waals surface area contributed by atoms with Crippen LogP contribution in [-0.2, 0) is 4.74 Å². The summed E-state index contributed by atoms with van der Waals surface area (Å²) in [5.41, 5.74) is 6.46. The molecule has 0 amide bonds. The molecule has 2 N–H and O–H groups in total. The highest BCUT2D eigenvalue weighted by Crippen LogP contribution is 2.27. The van der Waals surface area contributed by atoms with Crippen molar-refractivity contribution in [3.63, 3.8) is 0 Å². The third kappa shape index (κ3) is 3.45. The summed E-state index contributed by atoms with van der Waals surface area (Å²) >= 11 is 5.79. The van der Waals surface area contributed by atoms with E-state index in [-0.39, 0.29) is 24.1 Å². The molecule has 1 aliphatic heterocycles. The first-order valence-corrected chi connectivity index (χ1v) is 6.93. The lowest BCUT2D eigenvalue weighted by atomic mass is 10.0. The molecule has 106 valence electrons. The zero-order chi connectivity index (χ0) is 14.0. The summed E-state index contributed by atoms with van der Waals surface area (Å²) in [6.45, 7) is 5.93. The Bertz CT molecular complexity index is 433. The first-order chi connectivity index (χ1) is 9.01. The van der Waals surface area contributed by atoms with Crippen molar-refractivity contribution < 1.29 is 9.13 Å². The fourth-order valence-corrected chi connectivity index (χ4v) is 2.88. The second-order valence-corrected chi connectivity index (χ2v) is 5.56. The summed E-state index contributed by atoms with van der Waals surface area (Å²) < 4.78 is 19.7. The summed E-state index contributed by atoms with van der Waals surface area (Å²) in [7, 11) is 0. The van der Waals surface area contributed by atoms with Crippen LogP contribution in [-0.4, -0.2) is 36.7 Å². The number of morpholine rings is 1. The van der Waals surface area contributed by atoms with Gasteiger partial charge in [-0.2, -0.15) is 0 Å². The zero-order valence-electron chi connectivity index (χ0n) is 11.3. The molecule has 0 bridgehead atoms. The van der Waals surface area contributed by atoms with Crippen molar-refractivity contribution in [1.82, 2.24) is 4.90 Å². The molecule has 1 aromatic carbocycles. The molecule has 19 heavy (non-hydrogen) atoms. The highest BCUT2D eigenvalue weighted by molar-refractivity contribution is 6.30. The summed E-state index contributed by atoms with van der Waals surface area (Å²) in [6, 6.07) is 4.63. The van der Waals surface area contributed by atoms with Gasteiger partial charge in [-0.05, 0) is 26.0 Å². The van der Waals surface area contributed by atoms with Crippen LogP contribution in [0.1, 0.15) is 25.5 Å². The first kappa shape index (κ1) is 14.7. The highest BCUT2D eigenvalue weighted by Gasteiger charge is 2.29. The molecule has 0 radical (unpaired) electrons. The van der Waals surface area contributed by atoms with E-state index in [1.807, 2.05) is 13.8 Å². The van der Waals surface area contributed by atoms with Crippen LogP contribution in [0.5, 0.6) is 0 Å². The number of rotatable bonds is 3. The first-order valence-electron chi connectivity index (χ1n) is 6.55. The molecule has 3 atom stereocenters. The lowest BCUT2D eigenvalue weighted by Crippen LogP contribution is -2.48. The summed E-state index contributed by atoms with van der Waals surface area (Å²) in [5, 5.41) is 0.403. The molecule has 1 heterocycles. The Balaban J connectivity index is 2.23. The monoisotopic (exact) mass is 286 g/mol. The number of ether oxygens (including phenoxy) is 1. The van der Waals surface area contributed by atoms with Gasteiger partial charge in [0.25, 0.3) is 0 Å². The zero-order valence-corrected chi connectivity index (χ0v) is 12.0. The maximum Gasteiger partial charge on any atom is 0.129 e. The van der Waals surface area contributed by atoms with Crippen molar-refractivity contribution in [2.45, 2.75) is 32.1 Å². The van der Waals surface area contributed by atoms with E-state index in [0.717, 1.165) is 13.1 Å². The van der Waals surface area contributed by atoms with Crippen LogP contribution in [0.3, 0.4) is 0 Å². The van der Waals surface area contributed by atoms with Crippen molar-refractivity contribution in [2.24, 2.45) is 5.73 Å². The van der Waals surface area contributed by atoms with E-state index in [9.17, 15) is 4.39 Å². The van der Waals surface area contributed by atoms with Gasteiger partial charge in [-0.1, -0.05) is 17.7 Å². The van der Waals surface area contributed by atoms with E-state index >= 15 is 0 Å². The number of benzene rings is 1. The van der Waals surface area contributed by atoms with Crippen molar-refractivity contribution in [2.75, 3.05) is 19.6 Å². The number of nitrogens with zero attached hydrogens (tertiary/aromatic N) is 1. The van der Waals surface area contributed by atoms with Gasteiger partial charge in [0, 0.05) is 30.2 Å². The SMILES string of the molecule is CC1CN(C(CN)c2ccc(Cl)cc2F)CC(C)O1. The van der Waals surface area contributed by atoms with Gasteiger partial charge in [-0.25, -0.2) is 4.39 Å². The average molecular weight is 287 g/mol. The van der Waals surface area contributed by atoms with Gasteiger partial charge in [0.2, 0.25) is 0 Å². The van der Waals surface area contributed by atoms with Gasteiger partial charge < -0.3 is 10.5 Å². The number of nitrogens with two attached hydrogens (primary N) is 1. The Morgan fingerprint density at radius 3 is 2.58 bits per heavy atom. The molecule has 1 aromatic rings. The molecule has 2 rings (SSSR count). The van der Waals surface area contributed by atoms with E-state index in [1.165, 1.54) is 6.07 Å². The molecule has 1 aliphatic rings. The van der Waals surface area contributed by atoms with E-state index in [2.05, 4.69) is 4.90 Å². The number of halogens is 2. The maximum absolute atomic E-state index is 14.0. The Kier molecular flexibility index (Phi) is 4.79. The quantitative estimate of drug-likeness (QED) is 0.928. The maximum atomic E-state index is 14.0. The van der Waals surface area contributed by atoms with Crippen molar-refractivity contribution in [3.8, 4) is 0 Å². The molecule has 0 spiro atoms. The smallest absolute Gasteiger partial charge is 0.129 e. The number of hydrogen-bond acceptors (Lipinski definition) is 3. The van der Waals surface area contributed by atoms with Crippen molar-refractivity contribution >= 4 is 11.6 Å². The predicted octanol–water partition coefficient (Wildman–Crippen LogP) is 2.59. The topological polar surface area (TPSA) is 38.5 Å². The second kappa shape index (κ2) is 6.18. The molecule has 0 aromatic heterocycles.